The van der Waals surface area contributed by atoms with Gasteiger partial charge in [0.05, 0.1) is 27.0 Å². The molecule has 8 heteroatoms. The monoisotopic (exact) mass is 512 g/mol. The number of anilines is 2. The van der Waals surface area contributed by atoms with Gasteiger partial charge in [-0.3, -0.25) is 4.99 Å². The number of nitrogens with two attached hydrogens (primary N) is 1. The van der Waals surface area contributed by atoms with E-state index in [1.54, 1.807) is 21.3 Å². The third-order valence-corrected chi connectivity index (χ3v) is 4.89. The Hall–Kier alpha value is -2.36. The van der Waals surface area contributed by atoms with E-state index in [2.05, 4.69) is 27.3 Å². The summed E-state index contributed by atoms with van der Waals surface area (Å²) in [5, 5.41) is 3.11. The Morgan fingerprint density at radius 3 is 2.59 bits per heavy atom. The zero-order valence-corrected chi connectivity index (χ0v) is 19.4. The molecule has 1 aliphatic rings. The molecule has 3 N–H and O–H groups in total. The fourth-order valence-electron chi connectivity index (χ4n) is 3.34. The average Bonchev–Trinajstić information content (AvgIpc) is 3.21. The first-order chi connectivity index (χ1) is 13.6. The number of aliphatic imine (C=N–C) groups is 1. The van der Waals surface area contributed by atoms with E-state index in [0.29, 0.717) is 24.2 Å². The Morgan fingerprint density at radius 1 is 1.10 bits per heavy atom. The van der Waals surface area contributed by atoms with Gasteiger partial charge in [-0.25, -0.2) is 0 Å². The van der Waals surface area contributed by atoms with E-state index < -0.39 is 0 Å². The van der Waals surface area contributed by atoms with Gasteiger partial charge in [0.15, 0.2) is 5.96 Å². The lowest BCUT2D eigenvalue weighted by atomic mass is 10.1. The molecule has 1 saturated heterocycles. The molecular formula is C21H29IN4O3. The minimum Gasteiger partial charge on any atom is -0.497 e. The van der Waals surface area contributed by atoms with Crippen LogP contribution in [0.5, 0.6) is 17.2 Å². The van der Waals surface area contributed by atoms with Crippen LogP contribution in [0.15, 0.2) is 47.5 Å². The Balaban J connectivity index is 0.00000300. The van der Waals surface area contributed by atoms with Gasteiger partial charge in [0.2, 0.25) is 0 Å². The van der Waals surface area contributed by atoms with Crippen molar-refractivity contribution in [2.24, 2.45) is 16.6 Å². The third kappa shape index (κ3) is 6.06. The molecular weight excluding hydrogens is 483 g/mol. The zero-order valence-electron chi connectivity index (χ0n) is 17.1. The zero-order chi connectivity index (χ0) is 19.9. The SMILES string of the molecule is COc1cccc(N2CCC(CN=C(N)Nc3cc(OC)ccc3OC)C2)c1.I. The summed E-state index contributed by atoms with van der Waals surface area (Å²) in [7, 11) is 4.93. The van der Waals surface area contributed by atoms with Crippen LogP contribution in [-0.2, 0) is 0 Å². The number of hydrogen-bond acceptors (Lipinski definition) is 5. The molecule has 2 aromatic carbocycles. The number of hydrogen-bond donors (Lipinski definition) is 2. The number of methoxy groups -OCH3 is 3. The molecule has 1 aliphatic heterocycles. The van der Waals surface area contributed by atoms with Gasteiger partial charge in [0, 0.05) is 37.5 Å². The Bertz CT molecular complexity index is 831. The Morgan fingerprint density at radius 2 is 1.86 bits per heavy atom. The van der Waals surface area contributed by atoms with E-state index in [0.717, 1.165) is 36.7 Å². The van der Waals surface area contributed by atoms with Crippen LogP contribution in [0.4, 0.5) is 11.4 Å². The normalized spacial score (nSPS) is 16.2. The fraction of sp³-hybridized carbons (Fsp3) is 0.381. The van der Waals surface area contributed by atoms with Crippen LogP contribution in [0.1, 0.15) is 6.42 Å². The summed E-state index contributed by atoms with van der Waals surface area (Å²) in [6, 6.07) is 13.7. The lowest BCUT2D eigenvalue weighted by Crippen LogP contribution is -2.25. The Kier molecular flexibility index (Phi) is 8.69. The number of nitrogens with zero attached hydrogens (tertiary/aromatic N) is 2. The summed E-state index contributed by atoms with van der Waals surface area (Å²) in [6.07, 6.45) is 1.08. The van der Waals surface area contributed by atoms with Crippen LogP contribution < -0.4 is 30.2 Å². The molecule has 29 heavy (non-hydrogen) atoms. The van der Waals surface area contributed by atoms with E-state index in [-0.39, 0.29) is 24.0 Å². The van der Waals surface area contributed by atoms with Gasteiger partial charge in [-0.1, -0.05) is 6.07 Å². The standard InChI is InChI=1S/C21H28N4O3.HI/c1-26-17-6-4-5-16(11-17)25-10-9-15(14-25)13-23-21(22)24-19-12-18(27-2)7-8-20(19)28-3;/h4-8,11-12,15H,9-10,13-14H2,1-3H3,(H3,22,23,24);1H. The minimum atomic E-state index is 0. The maximum absolute atomic E-state index is 6.09. The highest BCUT2D eigenvalue weighted by Crippen LogP contribution is 2.29. The van der Waals surface area contributed by atoms with Crippen LogP contribution in [-0.4, -0.2) is 46.9 Å². The molecule has 1 heterocycles. The molecule has 1 unspecified atom stereocenters. The largest absolute Gasteiger partial charge is 0.497 e. The molecule has 7 nitrogen and oxygen atoms in total. The number of ether oxygens (including phenoxy) is 3. The molecule has 1 atom stereocenters. The summed E-state index contributed by atoms with van der Waals surface area (Å²) < 4.78 is 15.9. The first kappa shape index (κ1) is 22.9. The topological polar surface area (TPSA) is 81.3 Å². The summed E-state index contributed by atoms with van der Waals surface area (Å²) in [6.45, 7) is 2.63. The van der Waals surface area contributed by atoms with Crippen LogP contribution in [0.25, 0.3) is 0 Å². The average molecular weight is 512 g/mol. The van der Waals surface area contributed by atoms with Crippen LogP contribution in [0.3, 0.4) is 0 Å². The van der Waals surface area contributed by atoms with Gasteiger partial charge in [0.25, 0.3) is 0 Å². The maximum atomic E-state index is 6.09. The van der Waals surface area contributed by atoms with Crippen molar-refractivity contribution in [1.82, 2.24) is 0 Å². The highest BCUT2D eigenvalue weighted by Gasteiger charge is 2.22. The van der Waals surface area contributed by atoms with Gasteiger partial charge in [-0.15, -0.1) is 24.0 Å². The van der Waals surface area contributed by atoms with Crippen molar-refractivity contribution in [3.05, 3.63) is 42.5 Å². The van der Waals surface area contributed by atoms with Crippen LogP contribution in [0, 0.1) is 5.92 Å². The van der Waals surface area contributed by atoms with Gasteiger partial charge in [-0.05, 0) is 36.6 Å². The predicted molar refractivity (Wildman–Crippen MR) is 128 cm³/mol. The summed E-state index contributed by atoms with van der Waals surface area (Å²) in [4.78, 5) is 6.89. The fourth-order valence-corrected chi connectivity index (χ4v) is 3.34. The van der Waals surface area contributed by atoms with Crippen molar-refractivity contribution in [2.45, 2.75) is 6.42 Å². The molecule has 3 rings (SSSR count). The molecule has 0 amide bonds. The van der Waals surface area contributed by atoms with Crippen molar-refractivity contribution < 1.29 is 14.2 Å². The van der Waals surface area contributed by atoms with Crippen molar-refractivity contribution in [2.75, 3.05) is 51.2 Å². The van der Waals surface area contributed by atoms with Crippen LogP contribution in [0.2, 0.25) is 0 Å². The molecule has 1 fully saturated rings. The first-order valence-corrected chi connectivity index (χ1v) is 9.31. The van der Waals surface area contributed by atoms with E-state index >= 15 is 0 Å². The quantitative estimate of drug-likeness (QED) is 0.336. The lowest BCUT2D eigenvalue weighted by Gasteiger charge is -2.19. The highest BCUT2D eigenvalue weighted by molar-refractivity contribution is 14.0. The van der Waals surface area contributed by atoms with Gasteiger partial charge < -0.3 is 30.2 Å². The van der Waals surface area contributed by atoms with Crippen LogP contribution >= 0.6 is 24.0 Å². The maximum Gasteiger partial charge on any atom is 0.193 e. The first-order valence-electron chi connectivity index (χ1n) is 9.31. The number of guanidine groups is 1. The Labute approximate surface area is 189 Å². The third-order valence-electron chi connectivity index (χ3n) is 4.89. The molecule has 0 saturated carbocycles. The van der Waals surface area contributed by atoms with E-state index in [4.69, 9.17) is 19.9 Å². The molecule has 0 aliphatic carbocycles. The van der Waals surface area contributed by atoms with E-state index in [1.807, 2.05) is 30.3 Å². The second-order valence-electron chi connectivity index (χ2n) is 6.72. The van der Waals surface area contributed by atoms with Gasteiger partial charge >= 0.3 is 0 Å². The van der Waals surface area contributed by atoms with Gasteiger partial charge in [-0.2, -0.15) is 0 Å². The molecule has 0 spiro atoms. The second-order valence-corrected chi connectivity index (χ2v) is 6.72. The molecule has 0 aromatic heterocycles. The summed E-state index contributed by atoms with van der Waals surface area (Å²) >= 11 is 0. The highest BCUT2D eigenvalue weighted by atomic mass is 127. The summed E-state index contributed by atoms with van der Waals surface area (Å²) in [5.74, 6) is 3.11. The van der Waals surface area contributed by atoms with Gasteiger partial charge in [0.1, 0.15) is 17.2 Å². The lowest BCUT2D eigenvalue weighted by molar-refractivity contribution is 0.405. The number of rotatable bonds is 7. The molecule has 0 bridgehead atoms. The minimum absolute atomic E-state index is 0. The van der Waals surface area contributed by atoms with Crippen molar-refractivity contribution in [3.8, 4) is 17.2 Å². The number of nitrogens with one attached hydrogen (secondary N) is 1. The van der Waals surface area contributed by atoms with E-state index in [9.17, 15) is 0 Å². The number of halogens is 1. The van der Waals surface area contributed by atoms with Crippen molar-refractivity contribution >= 4 is 41.3 Å². The van der Waals surface area contributed by atoms with Crippen molar-refractivity contribution in [3.63, 3.8) is 0 Å². The van der Waals surface area contributed by atoms with Crippen molar-refractivity contribution in [1.29, 1.82) is 0 Å². The smallest absolute Gasteiger partial charge is 0.193 e. The molecule has 0 radical (unpaired) electrons. The predicted octanol–water partition coefficient (Wildman–Crippen LogP) is 3.58. The summed E-state index contributed by atoms with van der Waals surface area (Å²) in [5.41, 5.74) is 8.00. The second kappa shape index (κ2) is 11.0. The molecule has 158 valence electrons. The molecule has 2 aromatic rings. The van der Waals surface area contributed by atoms with E-state index in [1.165, 1.54) is 5.69 Å². The number of benzene rings is 2.